The molecule has 2 amide bonds. The molecular formula is C26H20FNO3. The molecular weight excluding hydrogens is 393 g/mol. The first-order valence-corrected chi connectivity index (χ1v) is 10.5. The summed E-state index contributed by atoms with van der Waals surface area (Å²) in [6.45, 7) is 1.70. The summed E-state index contributed by atoms with van der Waals surface area (Å²) in [4.78, 5) is 28.8. The van der Waals surface area contributed by atoms with Gasteiger partial charge in [0.15, 0.2) is 0 Å². The summed E-state index contributed by atoms with van der Waals surface area (Å²) in [6.07, 6.45) is -0.895. The Kier molecular flexibility index (Phi) is 3.64. The van der Waals surface area contributed by atoms with Crippen LogP contribution in [0.15, 0.2) is 72.8 Å². The molecule has 3 atom stereocenters. The number of rotatable bonds is 2. The number of carbonyl (C=O) groups excluding carboxylic acids is 2. The van der Waals surface area contributed by atoms with E-state index in [0.717, 1.165) is 22.3 Å². The zero-order valence-corrected chi connectivity index (χ0v) is 16.8. The minimum Gasteiger partial charge on any atom is -0.392 e. The smallest absolute Gasteiger partial charge is 0.239 e. The van der Waals surface area contributed by atoms with E-state index in [2.05, 4.69) is 0 Å². The summed E-state index contributed by atoms with van der Waals surface area (Å²) in [6, 6.07) is 21.1. The van der Waals surface area contributed by atoms with E-state index < -0.39 is 29.2 Å². The van der Waals surface area contributed by atoms with Gasteiger partial charge < -0.3 is 5.11 Å². The lowest BCUT2D eigenvalue weighted by Gasteiger charge is -2.55. The summed E-state index contributed by atoms with van der Waals surface area (Å²) >= 11 is 0. The van der Waals surface area contributed by atoms with E-state index >= 15 is 0 Å². The van der Waals surface area contributed by atoms with Crippen LogP contribution in [0.3, 0.4) is 0 Å². The van der Waals surface area contributed by atoms with Gasteiger partial charge in [0, 0.05) is 5.92 Å². The molecule has 5 heteroatoms. The predicted molar refractivity (Wildman–Crippen MR) is 113 cm³/mol. The standard InChI is InChI=1S/C26H20FNO3/c1-14(29)26-19-8-4-2-6-17(19)21(18-7-3-5-9-20(18)26)22-23(26)25(31)28(24(22)30)16-12-10-15(27)11-13-16/h2-14,21-23,29H,1H3/t14-,21?,22-,23-,26?/m0/s1. The van der Waals surface area contributed by atoms with Gasteiger partial charge in [-0.05, 0) is 53.4 Å². The van der Waals surface area contributed by atoms with Crippen LogP contribution in [0.25, 0.3) is 0 Å². The highest BCUT2D eigenvalue weighted by atomic mass is 19.1. The lowest BCUT2D eigenvalue weighted by atomic mass is 9.46. The van der Waals surface area contributed by atoms with E-state index in [0.29, 0.717) is 5.69 Å². The van der Waals surface area contributed by atoms with Crippen molar-refractivity contribution < 1.29 is 19.1 Å². The van der Waals surface area contributed by atoms with Crippen molar-refractivity contribution in [2.45, 2.75) is 24.4 Å². The van der Waals surface area contributed by atoms with Crippen molar-refractivity contribution in [1.29, 1.82) is 0 Å². The molecule has 1 N–H and O–H groups in total. The first kappa shape index (κ1) is 18.5. The Labute approximate surface area is 178 Å². The third kappa shape index (κ3) is 2.07. The molecule has 3 aliphatic carbocycles. The van der Waals surface area contributed by atoms with Crippen molar-refractivity contribution in [3.8, 4) is 0 Å². The van der Waals surface area contributed by atoms with Crippen LogP contribution in [0.4, 0.5) is 10.1 Å². The maximum Gasteiger partial charge on any atom is 0.239 e. The van der Waals surface area contributed by atoms with Gasteiger partial charge in [0.2, 0.25) is 11.8 Å². The van der Waals surface area contributed by atoms with E-state index in [1.165, 1.54) is 29.2 Å². The largest absolute Gasteiger partial charge is 0.392 e. The normalized spacial score (nSPS) is 28.9. The van der Waals surface area contributed by atoms with Crippen LogP contribution in [-0.4, -0.2) is 23.0 Å². The molecule has 0 aromatic heterocycles. The molecule has 7 rings (SSSR count). The topological polar surface area (TPSA) is 57.6 Å². The van der Waals surface area contributed by atoms with Crippen molar-refractivity contribution in [3.05, 3.63) is 101 Å². The van der Waals surface area contributed by atoms with E-state index in [1.54, 1.807) is 6.92 Å². The molecule has 3 aromatic rings. The Bertz CT molecular complexity index is 1200. The van der Waals surface area contributed by atoms with E-state index in [1.807, 2.05) is 48.5 Å². The summed E-state index contributed by atoms with van der Waals surface area (Å²) in [7, 11) is 0. The number of aliphatic hydroxyl groups excluding tert-OH is 1. The summed E-state index contributed by atoms with van der Waals surface area (Å²) in [5.74, 6) is -2.66. The van der Waals surface area contributed by atoms with Gasteiger partial charge in [0.1, 0.15) is 5.82 Å². The average Bonchev–Trinajstić information content (AvgIpc) is 3.05. The quantitative estimate of drug-likeness (QED) is 0.651. The summed E-state index contributed by atoms with van der Waals surface area (Å²) in [5.41, 5.74) is 3.15. The minimum atomic E-state index is -1.02. The van der Waals surface area contributed by atoms with Crippen molar-refractivity contribution in [3.63, 3.8) is 0 Å². The van der Waals surface area contributed by atoms with Gasteiger partial charge in [-0.25, -0.2) is 9.29 Å². The second-order valence-corrected chi connectivity index (χ2v) is 8.69. The first-order chi connectivity index (χ1) is 15.0. The minimum absolute atomic E-state index is 0.264. The number of imide groups is 1. The Balaban J connectivity index is 1.66. The van der Waals surface area contributed by atoms with E-state index in [9.17, 15) is 19.1 Å². The molecule has 1 aliphatic heterocycles. The second kappa shape index (κ2) is 6.11. The molecule has 3 aromatic carbocycles. The highest BCUT2D eigenvalue weighted by Gasteiger charge is 2.69. The third-order valence-corrected chi connectivity index (χ3v) is 7.43. The molecule has 2 bridgehead atoms. The molecule has 0 unspecified atom stereocenters. The van der Waals surface area contributed by atoms with Crippen LogP contribution in [0.5, 0.6) is 0 Å². The van der Waals surface area contributed by atoms with Gasteiger partial charge >= 0.3 is 0 Å². The van der Waals surface area contributed by atoms with Crippen molar-refractivity contribution in [2.75, 3.05) is 4.90 Å². The molecule has 4 nitrogen and oxygen atoms in total. The highest BCUT2D eigenvalue weighted by Crippen LogP contribution is 2.65. The number of aliphatic hydroxyl groups is 1. The number of halogens is 1. The molecule has 154 valence electrons. The molecule has 1 fully saturated rings. The molecule has 0 spiro atoms. The SMILES string of the molecule is C[C@H](O)C12c3ccccc3C(c3ccccc31)[C@@H]1C(=O)N(c3ccc(F)cc3)C(=O)[C@H]12. The summed E-state index contributed by atoms with van der Waals surface area (Å²) in [5, 5.41) is 11.3. The Morgan fingerprint density at radius 2 is 1.42 bits per heavy atom. The lowest BCUT2D eigenvalue weighted by molar-refractivity contribution is -0.126. The van der Waals surface area contributed by atoms with Crippen LogP contribution in [0.2, 0.25) is 0 Å². The van der Waals surface area contributed by atoms with Gasteiger partial charge in [-0.3, -0.25) is 9.59 Å². The molecule has 0 saturated carbocycles. The average molecular weight is 413 g/mol. The number of amides is 2. The van der Waals surface area contributed by atoms with Gasteiger partial charge in [0.25, 0.3) is 0 Å². The molecule has 4 aliphatic rings. The van der Waals surface area contributed by atoms with Gasteiger partial charge in [-0.1, -0.05) is 48.5 Å². The zero-order valence-electron chi connectivity index (χ0n) is 16.8. The molecule has 31 heavy (non-hydrogen) atoms. The third-order valence-electron chi connectivity index (χ3n) is 7.43. The molecule has 1 saturated heterocycles. The number of nitrogens with zero attached hydrogens (tertiary/aromatic N) is 1. The van der Waals surface area contributed by atoms with Crippen LogP contribution in [-0.2, 0) is 15.0 Å². The van der Waals surface area contributed by atoms with Gasteiger partial charge in [0.05, 0.1) is 29.0 Å². The highest BCUT2D eigenvalue weighted by molar-refractivity contribution is 6.23. The van der Waals surface area contributed by atoms with Crippen molar-refractivity contribution in [1.82, 2.24) is 0 Å². The number of carbonyl (C=O) groups is 2. The van der Waals surface area contributed by atoms with Gasteiger partial charge in [-0.15, -0.1) is 0 Å². The number of benzene rings is 3. The van der Waals surface area contributed by atoms with Crippen molar-refractivity contribution >= 4 is 17.5 Å². The fourth-order valence-electron chi connectivity index (χ4n) is 6.38. The fourth-order valence-corrected chi connectivity index (χ4v) is 6.38. The summed E-state index contributed by atoms with van der Waals surface area (Å²) < 4.78 is 13.5. The van der Waals surface area contributed by atoms with Crippen LogP contribution in [0, 0.1) is 17.7 Å². The van der Waals surface area contributed by atoms with Crippen molar-refractivity contribution in [2.24, 2.45) is 11.8 Å². The van der Waals surface area contributed by atoms with E-state index in [-0.39, 0.29) is 17.7 Å². The maximum atomic E-state index is 13.9. The zero-order chi connectivity index (χ0) is 21.5. The maximum absolute atomic E-state index is 13.9. The fraction of sp³-hybridized carbons (Fsp3) is 0.231. The Morgan fingerprint density at radius 3 is 1.97 bits per heavy atom. The Morgan fingerprint density at radius 1 is 0.871 bits per heavy atom. The van der Waals surface area contributed by atoms with Crippen LogP contribution in [0.1, 0.15) is 35.1 Å². The number of hydrogen-bond acceptors (Lipinski definition) is 3. The van der Waals surface area contributed by atoms with Gasteiger partial charge in [-0.2, -0.15) is 0 Å². The first-order valence-electron chi connectivity index (χ1n) is 10.5. The number of hydrogen-bond donors (Lipinski definition) is 1. The van der Waals surface area contributed by atoms with Crippen LogP contribution >= 0.6 is 0 Å². The number of anilines is 1. The Hall–Kier alpha value is -3.31. The van der Waals surface area contributed by atoms with Crippen LogP contribution < -0.4 is 4.90 Å². The molecule has 1 heterocycles. The lowest BCUT2D eigenvalue weighted by Crippen LogP contribution is -2.58. The monoisotopic (exact) mass is 413 g/mol. The predicted octanol–water partition coefficient (Wildman–Crippen LogP) is 3.76. The van der Waals surface area contributed by atoms with E-state index in [4.69, 9.17) is 0 Å². The molecule has 0 radical (unpaired) electrons. The second-order valence-electron chi connectivity index (χ2n) is 8.69.